The number of Topliss-reactive ketones (excluding diaryl/α,β-unsaturated/α-hetero) is 1. The summed E-state index contributed by atoms with van der Waals surface area (Å²) >= 11 is 0. The summed E-state index contributed by atoms with van der Waals surface area (Å²) in [6, 6.07) is 4.10. The van der Waals surface area contributed by atoms with Crippen LogP contribution in [0, 0.1) is 5.82 Å². The maximum atomic E-state index is 13.4. The van der Waals surface area contributed by atoms with E-state index in [2.05, 4.69) is 0 Å². The van der Waals surface area contributed by atoms with Gasteiger partial charge < -0.3 is 10.5 Å². The van der Waals surface area contributed by atoms with E-state index in [9.17, 15) is 9.18 Å². The predicted octanol–water partition coefficient (Wildman–Crippen LogP) is 2.14. The van der Waals surface area contributed by atoms with Crippen LogP contribution in [0.1, 0.15) is 30.6 Å². The topological polar surface area (TPSA) is 52.3 Å². The lowest BCUT2D eigenvalue weighted by Gasteiger charge is -2.21. The van der Waals surface area contributed by atoms with Crippen molar-refractivity contribution in [2.24, 2.45) is 5.73 Å². The summed E-state index contributed by atoms with van der Waals surface area (Å²) in [6.07, 6.45) is 0.499. The van der Waals surface area contributed by atoms with Gasteiger partial charge in [-0.05, 0) is 31.5 Å². The van der Waals surface area contributed by atoms with Gasteiger partial charge in [0.25, 0.3) is 0 Å². The number of hydrogen-bond acceptors (Lipinski definition) is 3. The Morgan fingerprint density at radius 1 is 1.56 bits per heavy atom. The summed E-state index contributed by atoms with van der Waals surface area (Å²) in [6.45, 7) is 3.45. The molecule has 4 heteroatoms. The van der Waals surface area contributed by atoms with E-state index < -0.39 is 11.4 Å². The molecule has 0 saturated heterocycles. The van der Waals surface area contributed by atoms with Gasteiger partial charge in [0, 0.05) is 5.56 Å². The van der Waals surface area contributed by atoms with Crippen molar-refractivity contribution < 1.29 is 13.9 Å². The Labute approximate surface area is 94.4 Å². The summed E-state index contributed by atoms with van der Waals surface area (Å²) in [5.74, 6) is -0.705. The molecule has 16 heavy (non-hydrogen) atoms. The van der Waals surface area contributed by atoms with Gasteiger partial charge in [0.15, 0.2) is 17.3 Å². The summed E-state index contributed by atoms with van der Waals surface area (Å²) < 4.78 is 18.2. The van der Waals surface area contributed by atoms with Gasteiger partial charge >= 0.3 is 0 Å². The first kappa shape index (κ1) is 12.6. The van der Waals surface area contributed by atoms with Gasteiger partial charge in [-0.25, -0.2) is 4.39 Å². The molecule has 0 aliphatic rings. The highest BCUT2D eigenvalue weighted by atomic mass is 19.1. The molecule has 3 nitrogen and oxygen atoms in total. The maximum Gasteiger partial charge on any atom is 0.182 e. The van der Waals surface area contributed by atoms with E-state index in [1.165, 1.54) is 19.2 Å². The molecule has 0 saturated carbocycles. The van der Waals surface area contributed by atoms with E-state index in [0.29, 0.717) is 6.42 Å². The van der Waals surface area contributed by atoms with Crippen LogP contribution < -0.4 is 10.5 Å². The van der Waals surface area contributed by atoms with Crippen molar-refractivity contribution in [1.29, 1.82) is 0 Å². The van der Waals surface area contributed by atoms with Crippen molar-refractivity contribution in [2.75, 3.05) is 7.11 Å². The van der Waals surface area contributed by atoms with Crippen molar-refractivity contribution in [2.45, 2.75) is 25.8 Å². The average molecular weight is 225 g/mol. The Balaban J connectivity index is 3.07. The lowest BCUT2D eigenvalue weighted by Crippen LogP contribution is -2.44. The molecule has 0 spiro atoms. The highest BCUT2D eigenvalue weighted by molar-refractivity contribution is 6.02. The van der Waals surface area contributed by atoms with E-state index in [1.54, 1.807) is 6.92 Å². The molecule has 88 valence electrons. The molecule has 0 aliphatic carbocycles. The van der Waals surface area contributed by atoms with Crippen LogP contribution in [0.4, 0.5) is 4.39 Å². The van der Waals surface area contributed by atoms with Crippen molar-refractivity contribution in [1.82, 2.24) is 0 Å². The van der Waals surface area contributed by atoms with Crippen molar-refractivity contribution in [3.8, 4) is 5.75 Å². The van der Waals surface area contributed by atoms with Crippen molar-refractivity contribution >= 4 is 5.78 Å². The Hall–Kier alpha value is -1.42. The molecule has 0 bridgehead atoms. The van der Waals surface area contributed by atoms with Gasteiger partial charge in [-0.15, -0.1) is 0 Å². The highest BCUT2D eigenvalue weighted by Gasteiger charge is 2.27. The molecule has 1 rings (SSSR count). The Morgan fingerprint density at radius 2 is 2.19 bits per heavy atom. The smallest absolute Gasteiger partial charge is 0.182 e. The first-order valence-electron chi connectivity index (χ1n) is 5.09. The first-order valence-corrected chi connectivity index (χ1v) is 5.09. The van der Waals surface area contributed by atoms with Gasteiger partial charge in [0.05, 0.1) is 12.6 Å². The second-order valence-corrected chi connectivity index (χ2v) is 3.95. The molecule has 2 N–H and O–H groups in total. The number of carbonyl (C=O) groups excluding carboxylic acids is 1. The van der Waals surface area contributed by atoms with E-state index in [1.807, 2.05) is 6.92 Å². The van der Waals surface area contributed by atoms with Crippen LogP contribution >= 0.6 is 0 Å². The molecule has 0 fully saturated rings. The molecule has 0 radical (unpaired) electrons. The Morgan fingerprint density at radius 3 is 2.62 bits per heavy atom. The third-order valence-electron chi connectivity index (χ3n) is 2.67. The van der Waals surface area contributed by atoms with Crippen molar-refractivity contribution in [3.63, 3.8) is 0 Å². The highest BCUT2D eigenvalue weighted by Crippen LogP contribution is 2.21. The number of nitrogens with two attached hydrogens (primary N) is 1. The van der Waals surface area contributed by atoms with Crippen LogP contribution in [-0.4, -0.2) is 18.4 Å². The number of benzene rings is 1. The number of rotatable bonds is 4. The van der Waals surface area contributed by atoms with E-state index in [0.717, 1.165) is 6.07 Å². The standard InChI is InChI=1S/C12H16FNO2/c1-4-12(2,14)11(15)8-5-6-10(16-3)9(13)7-8/h5-7H,4,14H2,1-3H3. The summed E-state index contributed by atoms with van der Waals surface area (Å²) in [4.78, 5) is 11.9. The first-order chi connectivity index (χ1) is 7.42. The zero-order chi connectivity index (χ0) is 12.3. The lowest BCUT2D eigenvalue weighted by atomic mass is 9.90. The predicted molar refractivity (Wildman–Crippen MR) is 60.2 cm³/mol. The summed E-state index contributed by atoms with van der Waals surface area (Å²) in [7, 11) is 1.37. The van der Waals surface area contributed by atoms with Gasteiger partial charge in [-0.2, -0.15) is 0 Å². The van der Waals surface area contributed by atoms with Crippen molar-refractivity contribution in [3.05, 3.63) is 29.6 Å². The minimum Gasteiger partial charge on any atom is -0.494 e. The molecule has 1 aromatic carbocycles. The Bertz CT molecular complexity index is 402. The molecule has 1 aromatic rings. The zero-order valence-electron chi connectivity index (χ0n) is 9.71. The van der Waals surface area contributed by atoms with Crippen LogP contribution in [0.15, 0.2) is 18.2 Å². The fourth-order valence-corrected chi connectivity index (χ4v) is 1.30. The van der Waals surface area contributed by atoms with E-state index >= 15 is 0 Å². The fourth-order valence-electron chi connectivity index (χ4n) is 1.30. The summed E-state index contributed by atoms with van der Waals surface area (Å²) in [5, 5.41) is 0. The fraction of sp³-hybridized carbons (Fsp3) is 0.417. The van der Waals surface area contributed by atoms with Gasteiger partial charge in [0.1, 0.15) is 0 Å². The average Bonchev–Trinajstić information content (AvgIpc) is 2.27. The molecule has 0 aliphatic heterocycles. The van der Waals surface area contributed by atoms with Gasteiger partial charge in [0.2, 0.25) is 0 Å². The minimum atomic E-state index is -0.957. The largest absolute Gasteiger partial charge is 0.494 e. The third-order valence-corrected chi connectivity index (χ3v) is 2.67. The van der Waals surface area contributed by atoms with E-state index in [4.69, 9.17) is 10.5 Å². The number of methoxy groups -OCH3 is 1. The van der Waals surface area contributed by atoms with Crippen LogP contribution in [0.3, 0.4) is 0 Å². The monoisotopic (exact) mass is 225 g/mol. The SMILES string of the molecule is CCC(C)(N)C(=O)c1ccc(OC)c(F)c1. The normalized spacial score (nSPS) is 14.3. The molecular weight excluding hydrogens is 209 g/mol. The number of ether oxygens (including phenoxy) is 1. The Kier molecular flexibility index (Phi) is 3.65. The summed E-state index contributed by atoms with van der Waals surface area (Å²) in [5.41, 5.74) is 5.12. The number of hydrogen-bond donors (Lipinski definition) is 1. The lowest BCUT2D eigenvalue weighted by molar-refractivity contribution is 0.0897. The van der Waals surface area contributed by atoms with Crippen LogP contribution in [-0.2, 0) is 0 Å². The van der Waals surface area contributed by atoms with Gasteiger partial charge in [-0.1, -0.05) is 6.92 Å². The maximum absolute atomic E-state index is 13.4. The van der Waals surface area contributed by atoms with Gasteiger partial charge in [-0.3, -0.25) is 4.79 Å². The number of carbonyl (C=O) groups is 1. The zero-order valence-corrected chi connectivity index (χ0v) is 9.71. The molecule has 0 aromatic heterocycles. The quantitative estimate of drug-likeness (QED) is 0.799. The molecule has 1 atom stereocenters. The molecule has 1 unspecified atom stereocenters. The number of halogens is 1. The third kappa shape index (κ3) is 2.39. The number of ketones is 1. The molecular formula is C12H16FNO2. The van der Waals surface area contributed by atoms with E-state index in [-0.39, 0.29) is 17.1 Å². The van der Waals surface area contributed by atoms with Crippen LogP contribution in [0.2, 0.25) is 0 Å². The molecule has 0 heterocycles. The second kappa shape index (κ2) is 4.61. The minimum absolute atomic E-state index is 0.117. The van der Waals surface area contributed by atoms with Crippen LogP contribution in [0.5, 0.6) is 5.75 Å². The van der Waals surface area contributed by atoms with Crippen LogP contribution in [0.25, 0.3) is 0 Å². The second-order valence-electron chi connectivity index (χ2n) is 3.95. The molecule has 0 amide bonds.